The van der Waals surface area contributed by atoms with Crippen molar-refractivity contribution in [3.05, 3.63) is 34.1 Å². The standard InChI is InChI=1S/C14H17ClFNO2/c1-9-6-10(11(15)7-12(9)16)13(19)17-14(8-18)4-2-3-5-14/h6-7,18H,2-5,8H2,1H3,(H,17,19). The van der Waals surface area contributed by atoms with Gasteiger partial charge in [0.1, 0.15) is 5.82 Å². The van der Waals surface area contributed by atoms with E-state index in [0.717, 1.165) is 31.7 Å². The number of hydrogen-bond acceptors (Lipinski definition) is 2. The molecule has 0 radical (unpaired) electrons. The fraction of sp³-hybridized carbons (Fsp3) is 0.500. The van der Waals surface area contributed by atoms with Crippen molar-refractivity contribution in [1.29, 1.82) is 0 Å². The molecule has 0 aromatic heterocycles. The van der Waals surface area contributed by atoms with Crippen molar-refractivity contribution in [3.63, 3.8) is 0 Å². The lowest BCUT2D eigenvalue weighted by molar-refractivity contribution is 0.0838. The Morgan fingerprint density at radius 1 is 1.47 bits per heavy atom. The minimum absolute atomic E-state index is 0.0868. The molecule has 19 heavy (non-hydrogen) atoms. The normalized spacial score (nSPS) is 17.5. The van der Waals surface area contributed by atoms with Crippen LogP contribution in [0.2, 0.25) is 5.02 Å². The first-order valence-corrected chi connectivity index (χ1v) is 6.74. The Morgan fingerprint density at radius 2 is 2.11 bits per heavy atom. The predicted molar refractivity (Wildman–Crippen MR) is 71.9 cm³/mol. The van der Waals surface area contributed by atoms with Gasteiger partial charge >= 0.3 is 0 Å². The average molecular weight is 286 g/mol. The Kier molecular flexibility index (Phi) is 4.11. The van der Waals surface area contributed by atoms with Gasteiger partial charge in [-0.15, -0.1) is 0 Å². The quantitative estimate of drug-likeness (QED) is 0.897. The molecule has 0 unspecified atom stereocenters. The molecule has 3 nitrogen and oxygen atoms in total. The van der Waals surface area contributed by atoms with Gasteiger partial charge in [0.25, 0.3) is 5.91 Å². The first kappa shape index (κ1) is 14.3. The summed E-state index contributed by atoms with van der Waals surface area (Å²) < 4.78 is 13.3. The van der Waals surface area contributed by atoms with E-state index >= 15 is 0 Å². The minimum Gasteiger partial charge on any atom is -0.394 e. The molecular weight excluding hydrogens is 269 g/mol. The van der Waals surface area contributed by atoms with Crippen molar-refractivity contribution < 1.29 is 14.3 Å². The van der Waals surface area contributed by atoms with Gasteiger partial charge in [0, 0.05) is 0 Å². The van der Waals surface area contributed by atoms with Crippen LogP contribution in [0.15, 0.2) is 12.1 Å². The highest BCUT2D eigenvalue weighted by Crippen LogP contribution is 2.30. The van der Waals surface area contributed by atoms with Gasteiger partial charge in [-0.25, -0.2) is 4.39 Å². The lowest BCUT2D eigenvalue weighted by Gasteiger charge is -2.28. The molecule has 1 saturated carbocycles. The third-order valence-corrected chi connectivity index (χ3v) is 4.05. The molecule has 0 saturated heterocycles. The van der Waals surface area contributed by atoms with Crippen LogP contribution in [-0.4, -0.2) is 23.2 Å². The number of aryl methyl sites for hydroxylation is 1. The van der Waals surface area contributed by atoms with Crippen LogP contribution >= 0.6 is 11.6 Å². The van der Waals surface area contributed by atoms with Crippen LogP contribution < -0.4 is 5.32 Å². The molecule has 0 atom stereocenters. The number of carbonyl (C=O) groups excluding carboxylic acids is 1. The predicted octanol–water partition coefficient (Wildman–Crippen LogP) is 2.82. The number of aliphatic hydroxyl groups excluding tert-OH is 1. The molecular formula is C14H17ClFNO2. The fourth-order valence-electron chi connectivity index (χ4n) is 2.51. The number of amides is 1. The summed E-state index contributed by atoms with van der Waals surface area (Å²) in [6, 6.07) is 2.58. The second-order valence-electron chi connectivity index (χ2n) is 5.18. The summed E-state index contributed by atoms with van der Waals surface area (Å²) >= 11 is 5.91. The van der Waals surface area contributed by atoms with Crippen LogP contribution in [0.4, 0.5) is 4.39 Å². The first-order chi connectivity index (χ1) is 8.97. The molecule has 1 fully saturated rings. The fourth-order valence-corrected chi connectivity index (χ4v) is 2.75. The van der Waals surface area contributed by atoms with Crippen LogP contribution in [0.5, 0.6) is 0 Å². The smallest absolute Gasteiger partial charge is 0.253 e. The number of hydrogen-bond donors (Lipinski definition) is 2. The maximum atomic E-state index is 13.3. The maximum Gasteiger partial charge on any atom is 0.253 e. The van der Waals surface area contributed by atoms with Crippen LogP contribution in [0.3, 0.4) is 0 Å². The highest BCUT2D eigenvalue weighted by Gasteiger charge is 2.35. The second-order valence-corrected chi connectivity index (χ2v) is 5.59. The van der Waals surface area contributed by atoms with Crippen molar-refractivity contribution in [1.82, 2.24) is 5.32 Å². The Balaban J connectivity index is 2.22. The van der Waals surface area contributed by atoms with E-state index in [1.165, 1.54) is 6.07 Å². The van der Waals surface area contributed by atoms with Crippen LogP contribution in [-0.2, 0) is 0 Å². The van der Waals surface area contributed by atoms with Crippen molar-refractivity contribution in [2.45, 2.75) is 38.1 Å². The minimum atomic E-state index is -0.553. The third-order valence-electron chi connectivity index (χ3n) is 3.73. The lowest BCUT2D eigenvalue weighted by atomic mass is 9.98. The van der Waals surface area contributed by atoms with Crippen molar-refractivity contribution in [2.24, 2.45) is 0 Å². The Morgan fingerprint density at radius 3 is 2.68 bits per heavy atom. The summed E-state index contributed by atoms with van der Waals surface area (Å²) in [7, 11) is 0. The van der Waals surface area contributed by atoms with E-state index in [0.29, 0.717) is 5.56 Å². The molecule has 0 spiro atoms. The first-order valence-electron chi connectivity index (χ1n) is 6.36. The molecule has 0 aliphatic heterocycles. The second kappa shape index (κ2) is 5.47. The van der Waals surface area contributed by atoms with Gasteiger partial charge in [-0.2, -0.15) is 0 Å². The van der Waals surface area contributed by atoms with Gasteiger partial charge in [-0.3, -0.25) is 4.79 Å². The van der Waals surface area contributed by atoms with E-state index in [-0.39, 0.29) is 23.1 Å². The van der Waals surface area contributed by atoms with Crippen molar-refractivity contribution >= 4 is 17.5 Å². The highest BCUT2D eigenvalue weighted by atomic mass is 35.5. The lowest BCUT2D eigenvalue weighted by Crippen LogP contribution is -2.49. The van der Waals surface area contributed by atoms with Gasteiger partial charge < -0.3 is 10.4 Å². The van der Waals surface area contributed by atoms with E-state index < -0.39 is 11.4 Å². The highest BCUT2D eigenvalue weighted by molar-refractivity contribution is 6.33. The van der Waals surface area contributed by atoms with Gasteiger partial charge in [0.15, 0.2) is 0 Å². The number of nitrogens with one attached hydrogen (secondary N) is 1. The van der Waals surface area contributed by atoms with Gasteiger partial charge in [0.2, 0.25) is 0 Å². The molecule has 2 N–H and O–H groups in total. The maximum absolute atomic E-state index is 13.3. The number of aliphatic hydroxyl groups is 1. The molecule has 1 aromatic carbocycles. The Bertz CT molecular complexity index is 498. The third kappa shape index (κ3) is 2.90. The zero-order valence-corrected chi connectivity index (χ0v) is 11.6. The van der Waals surface area contributed by atoms with E-state index in [2.05, 4.69) is 5.32 Å². The molecule has 104 valence electrons. The molecule has 1 amide bonds. The van der Waals surface area contributed by atoms with E-state index in [1.807, 2.05) is 0 Å². The van der Waals surface area contributed by atoms with Crippen LogP contribution in [0.25, 0.3) is 0 Å². The topological polar surface area (TPSA) is 49.3 Å². The summed E-state index contributed by atoms with van der Waals surface area (Å²) in [6.07, 6.45) is 3.48. The zero-order valence-electron chi connectivity index (χ0n) is 10.8. The summed E-state index contributed by atoms with van der Waals surface area (Å²) in [6.45, 7) is 1.50. The average Bonchev–Trinajstić information content (AvgIpc) is 2.83. The number of benzene rings is 1. The monoisotopic (exact) mass is 285 g/mol. The molecule has 2 rings (SSSR count). The number of rotatable bonds is 3. The molecule has 5 heteroatoms. The van der Waals surface area contributed by atoms with Crippen LogP contribution in [0, 0.1) is 12.7 Å². The summed E-state index contributed by atoms with van der Waals surface area (Å²) in [4.78, 5) is 12.2. The van der Waals surface area contributed by atoms with Crippen molar-refractivity contribution in [2.75, 3.05) is 6.61 Å². The zero-order chi connectivity index (χ0) is 14.0. The van der Waals surface area contributed by atoms with Gasteiger partial charge in [-0.1, -0.05) is 24.4 Å². The van der Waals surface area contributed by atoms with Gasteiger partial charge in [0.05, 0.1) is 22.7 Å². The number of carbonyl (C=O) groups is 1. The number of halogens is 2. The van der Waals surface area contributed by atoms with E-state index in [9.17, 15) is 14.3 Å². The van der Waals surface area contributed by atoms with Crippen molar-refractivity contribution in [3.8, 4) is 0 Å². The molecule has 1 aliphatic carbocycles. The van der Waals surface area contributed by atoms with E-state index in [1.54, 1.807) is 6.92 Å². The molecule has 1 aliphatic rings. The van der Waals surface area contributed by atoms with Gasteiger partial charge in [-0.05, 0) is 37.5 Å². The summed E-state index contributed by atoms with van der Waals surface area (Å²) in [5.41, 5.74) is 0.0715. The van der Waals surface area contributed by atoms with E-state index in [4.69, 9.17) is 11.6 Å². The Labute approximate surface area is 116 Å². The Hall–Kier alpha value is -1.13. The molecule has 0 heterocycles. The van der Waals surface area contributed by atoms with Crippen LogP contribution in [0.1, 0.15) is 41.6 Å². The SMILES string of the molecule is Cc1cc(C(=O)NC2(CO)CCCC2)c(Cl)cc1F. The largest absolute Gasteiger partial charge is 0.394 e. The summed E-state index contributed by atoms with van der Waals surface area (Å²) in [5, 5.41) is 12.4. The molecule has 1 aromatic rings. The summed E-state index contributed by atoms with van der Waals surface area (Å²) in [5.74, 6) is -0.789. The molecule has 0 bridgehead atoms.